The van der Waals surface area contributed by atoms with E-state index in [1.54, 1.807) is 16.7 Å². The number of hydrogen-bond acceptors (Lipinski definition) is 2. The molecule has 4 rings (SSSR count). The quantitative estimate of drug-likeness (QED) is 0.910. The number of nitrogens with zero attached hydrogens (tertiary/aromatic N) is 1. The first-order chi connectivity index (χ1) is 10.1. The summed E-state index contributed by atoms with van der Waals surface area (Å²) in [6.07, 6.45) is 5.21. The van der Waals surface area contributed by atoms with Gasteiger partial charge in [-0.2, -0.15) is 0 Å². The fraction of sp³-hybridized carbons (Fsp3) is 0.500. The Kier molecular flexibility index (Phi) is 2.71. The summed E-state index contributed by atoms with van der Waals surface area (Å²) in [4.78, 5) is 26.0. The highest BCUT2D eigenvalue weighted by atomic mass is 16.4. The molecule has 2 aliphatic rings. The van der Waals surface area contributed by atoms with Crippen LogP contribution in [0.5, 0.6) is 0 Å². The van der Waals surface area contributed by atoms with Crippen LogP contribution in [0.15, 0.2) is 23.0 Å². The predicted octanol–water partition coefficient (Wildman–Crippen LogP) is 2.46. The van der Waals surface area contributed by atoms with Crippen molar-refractivity contribution in [2.75, 3.05) is 0 Å². The maximum Gasteiger partial charge on any atom is 0.335 e. The summed E-state index contributed by atoms with van der Waals surface area (Å²) in [5.41, 5.74) is 1.50. The molecule has 1 aromatic heterocycles. The van der Waals surface area contributed by atoms with Crippen LogP contribution in [0.25, 0.3) is 11.0 Å². The lowest BCUT2D eigenvalue weighted by atomic mass is 9.89. The van der Waals surface area contributed by atoms with E-state index in [4.69, 9.17) is 5.11 Å². The number of benzene rings is 1. The molecule has 110 valence electrons. The number of fused-ring (bicyclic) bond motifs is 3. The molecule has 2 fully saturated rings. The molecular weight excluding hydrogens is 268 g/mol. The zero-order valence-corrected chi connectivity index (χ0v) is 11.7. The van der Waals surface area contributed by atoms with Crippen LogP contribution in [0.4, 0.5) is 0 Å². The zero-order chi connectivity index (χ0) is 14.6. The number of rotatable bonds is 3. The third kappa shape index (κ3) is 1.99. The number of imidazole rings is 1. The standard InChI is InChI=1S/C16H18N2O3/c19-15(20)11-3-4-14-13(7-11)17-16(21)18(14)8-12-6-9-1-2-10(12)5-9/h3-4,7,9-10,12H,1-2,5-6,8H2,(H,17,21)(H,19,20). The third-order valence-corrected chi connectivity index (χ3v) is 5.32. The molecule has 2 bridgehead atoms. The molecule has 2 aliphatic carbocycles. The minimum Gasteiger partial charge on any atom is -0.478 e. The second kappa shape index (κ2) is 4.48. The molecule has 5 heteroatoms. The van der Waals surface area contributed by atoms with Gasteiger partial charge in [0.1, 0.15) is 0 Å². The maximum absolute atomic E-state index is 12.2. The van der Waals surface area contributed by atoms with Crippen molar-refractivity contribution >= 4 is 17.0 Å². The van der Waals surface area contributed by atoms with Gasteiger partial charge in [-0.25, -0.2) is 9.59 Å². The first-order valence-electron chi connectivity index (χ1n) is 7.57. The van der Waals surface area contributed by atoms with Gasteiger partial charge in [0, 0.05) is 6.54 Å². The van der Waals surface area contributed by atoms with Gasteiger partial charge >= 0.3 is 11.7 Å². The topological polar surface area (TPSA) is 75.1 Å². The van der Waals surface area contributed by atoms with Crippen LogP contribution < -0.4 is 5.69 Å². The number of carbonyl (C=O) groups is 1. The highest BCUT2D eigenvalue weighted by Gasteiger charge is 2.39. The van der Waals surface area contributed by atoms with Gasteiger partial charge in [-0.05, 0) is 55.2 Å². The molecule has 2 saturated carbocycles. The van der Waals surface area contributed by atoms with Gasteiger partial charge in [0.2, 0.25) is 0 Å². The summed E-state index contributed by atoms with van der Waals surface area (Å²) < 4.78 is 1.78. The average Bonchev–Trinajstić information content (AvgIpc) is 3.13. The van der Waals surface area contributed by atoms with Crippen molar-refractivity contribution in [3.8, 4) is 0 Å². The summed E-state index contributed by atoms with van der Waals surface area (Å²) in [5, 5.41) is 9.02. The molecule has 3 unspecified atom stereocenters. The first kappa shape index (κ1) is 12.7. The molecule has 1 heterocycles. The van der Waals surface area contributed by atoms with Crippen molar-refractivity contribution < 1.29 is 9.90 Å². The highest BCUT2D eigenvalue weighted by Crippen LogP contribution is 2.48. The van der Waals surface area contributed by atoms with E-state index in [0.29, 0.717) is 11.4 Å². The Morgan fingerprint density at radius 3 is 2.86 bits per heavy atom. The van der Waals surface area contributed by atoms with Crippen LogP contribution in [0.3, 0.4) is 0 Å². The number of nitrogens with one attached hydrogen (secondary N) is 1. The molecule has 0 spiro atoms. The molecule has 1 aromatic carbocycles. The number of carboxylic acid groups (broad SMARTS) is 1. The smallest absolute Gasteiger partial charge is 0.335 e. The second-order valence-electron chi connectivity index (χ2n) is 6.51. The average molecular weight is 286 g/mol. The van der Waals surface area contributed by atoms with Crippen LogP contribution in [0.2, 0.25) is 0 Å². The number of aromatic carboxylic acids is 1. The predicted molar refractivity (Wildman–Crippen MR) is 78.5 cm³/mol. The Morgan fingerprint density at radius 2 is 2.19 bits per heavy atom. The SMILES string of the molecule is O=C(O)c1ccc2c(c1)[nH]c(=O)n2CC1CC2CCC1C2. The summed E-state index contributed by atoms with van der Waals surface area (Å²) in [7, 11) is 0. The zero-order valence-electron chi connectivity index (χ0n) is 11.7. The summed E-state index contributed by atoms with van der Waals surface area (Å²) >= 11 is 0. The number of aromatic amines is 1. The van der Waals surface area contributed by atoms with Gasteiger partial charge < -0.3 is 10.1 Å². The van der Waals surface area contributed by atoms with E-state index in [-0.39, 0.29) is 11.3 Å². The minimum absolute atomic E-state index is 0.129. The van der Waals surface area contributed by atoms with E-state index < -0.39 is 5.97 Å². The van der Waals surface area contributed by atoms with Gasteiger partial charge in [-0.3, -0.25) is 4.57 Å². The van der Waals surface area contributed by atoms with Crippen molar-refractivity contribution in [1.82, 2.24) is 9.55 Å². The fourth-order valence-corrected chi connectivity index (χ4v) is 4.31. The summed E-state index contributed by atoms with van der Waals surface area (Å²) in [6.45, 7) is 0.756. The Bertz CT molecular complexity index is 773. The highest BCUT2D eigenvalue weighted by molar-refractivity contribution is 5.92. The van der Waals surface area contributed by atoms with E-state index in [2.05, 4.69) is 4.98 Å². The van der Waals surface area contributed by atoms with Crippen LogP contribution >= 0.6 is 0 Å². The summed E-state index contributed by atoms with van der Waals surface area (Å²) in [6, 6.07) is 4.84. The monoisotopic (exact) mass is 286 g/mol. The molecule has 5 nitrogen and oxygen atoms in total. The van der Waals surface area contributed by atoms with Gasteiger partial charge in [-0.15, -0.1) is 0 Å². The van der Waals surface area contributed by atoms with Gasteiger partial charge in [0.25, 0.3) is 0 Å². The maximum atomic E-state index is 12.2. The number of aromatic nitrogens is 2. The third-order valence-electron chi connectivity index (χ3n) is 5.32. The molecular formula is C16H18N2O3. The molecule has 3 atom stereocenters. The van der Waals surface area contributed by atoms with E-state index in [9.17, 15) is 9.59 Å². The molecule has 21 heavy (non-hydrogen) atoms. The van der Waals surface area contributed by atoms with Crippen LogP contribution in [0.1, 0.15) is 36.0 Å². The molecule has 0 aliphatic heterocycles. The van der Waals surface area contributed by atoms with Gasteiger partial charge in [0.15, 0.2) is 0 Å². The molecule has 0 radical (unpaired) electrons. The van der Waals surface area contributed by atoms with Crippen LogP contribution in [0, 0.1) is 17.8 Å². The van der Waals surface area contributed by atoms with E-state index in [1.807, 2.05) is 0 Å². The van der Waals surface area contributed by atoms with E-state index in [1.165, 1.54) is 31.7 Å². The number of H-pyrrole nitrogens is 1. The lowest BCUT2D eigenvalue weighted by Crippen LogP contribution is -2.24. The van der Waals surface area contributed by atoms with E-state index >= 15 is 0 Å². The minimum atomic E-state index is -0.974. The van der Waals surface area contributed by atoms with E-state index in [0.717, 1.165) is 23.9 Å². The van der Waals surface area contributed by atoms with Crippen molar-refractivity contribution in [2.24, 2.45) is 17.8 Å². The lowest BCUT2D eigenvalue weighted by molar-refractivity contribution is 0.0697. The van der Waals surface area contributed by atoms with Crippen molar-refractivity contribution in [3.63, 3.8) is 0 Å². The second-order valence-corrected chi connectivity index (χ2v) is 6.51. The largest absolute Gasteiger partial charge is 0.478 e. The van der Waals surface area contributed by atoms with Crippen LogP contribution in [-0.2, 0) is 6.54 Å². The molecule has 0 saturated heterocycles. The Morgan fingerprint density at radius 1 is 1.33 bits per heavy atom. The molecule has 2 N–H and O–H groups in total. The fourth-order valence-electron chi connectivity index (χ4n) is 4.31. The first-order valence-corrected chi connectivity index (χ1v) is 7.57. The Balaban J connectivity index is 1.70. The number of hydrogen-bond donors (Lipinski definition) is 2. The Hall–Kier alpha value is -2.04. The molecule has 0 amide bonds. The van der Waals surface area contributed by atoms with Crippen molar-refractivity contribution in [3.05, 3.63) is 34.2 Å². The summed E-state index contributed by atoms with van der Waals surface area (Å²) in [5.74, 6) is 1.25. The normalized spacial score (nSPS) is 27.5. The van der Waals surface area contributed by atoms with Gasteiger partial charge in [-0.1, -0.05) is 6.42 Å². The van der Waals surface area contributed by atoms with Gasteiger partial charge in [0.05, 0.1) is 16.6 Å². The Labute approximate surface area is 121 Å². The molecule has 2 aromatic rings. The number of carboxylic acids is 1. The van der Waals surface area contributed by atoms with Crippen LogP contribution in [-0.4, -0.2) is 20.6 Å². The lowest BCUT2D eigenvalue weighted by Gasteiger charge is -2.21. The van der Waals surface area contributed by atoms with Crippen molar-refractivity contribution in [2.45, 2.75) is 32.2 Å². The van der Waals surface area contributed by atoms with Crippen molar-refractivity contribution in [1.29, 1.82) is 0 Å².